The van der Waals surface area contributed by atoms with E-state index in [1.165, 1.54) is 13.1 Å². The summed E-state index contributed by atoms with van der Waals surface area (Å²) in [6.45, 7) is 4.28. The highest BCUT2D eigenvalue weighted by atomic mass is 19.1. The third kappa shape index (κ3) is 8.36. The maximum absolute atomic E-state index is 14.8. The number of benzene rings is 2. The van der Waals surface area contributed by atoms with Crippen LogP contribution < -0.4 is 5.73 Å². The van der Waals surface area contributed by atoms with Gasteiger partial charge in [0.15, 0.2) is 0 Å². The summed E-state index contributed by atoms with van der Waals surface area (Å²) in [5, 5.41) is 0. The molecule has 0 atom stereocenters. The number of ketones is 1. The summed E-state index contributed by atoms with van der Waals surface area (Å²) in [4.78, 5) is 38.2. The van der Waals surface area contributed by atoms with E-state index in [9.17, 15) is 23.2 Å². The molecule has 1 amide bonds. The molecule has 0 unspecified atom stereocenters. The van der Waals surface area contributed by atoms with Gasteiger partial charge in [0.05, 0.1) is 57.5 Å². The van der Waals surface area contributed by atoms with Crippen molar-refractivity contribution < 1.29 is 42.1 Å². The number of hydrogen-bond donors (Lipinski definition) is 2. The third-order valence-electron chi connectivity index (χ3n) is 6.02. The average Bonchev–Trinajstić information content (AvgIpc) is 3.38. The van der Waals surface area contributed by atoms with Crippen molar-refractivity contribution in [2.24, 2.45) is 5.73 Å². The fraction of sp³-hybridized carbons (Fsp3) is 0.345. The van der Waals surface area contributed by atoms with Crippen molar-refractivity contribution in [3.8, 4) is 11.1 Å². The Labute approximate surface area is 230 Å². The van der Waals surface area contributed by atoms with Crippen LogP contribution in [0.4, 0.5) is 8.78 Å². The van der Waals surface area contributed by atoms with Crippen LogP contribution in [0.5, 0.6) is 0 Å². The van der Waals surface area contributed by atoms with Crippen LogP contribution in [0, 0.1) is 18.6 Å². The first-order chi connectivity index (χ1) is 19.3. The Kier molecular flexibility index (Phi) is 12.1. The van der Waals surface area contributed by atoms with Gasteiger partial charge in [-0.3, -0.25) is 9.59 Å². The number of rotatable bonds is 18. The molecule has 0 aliphatic heterocycles. The van der Waals surface area contributed by atoms with Crippen LogP contribution in [0.1, 0.15) is 37.5 Å². The van der Waals surface area contributed by atoms with Gasteiger partial charge in [0, 0.05) is 22.9 Å². The van der Waals surface area contributed by atoms with E-state index >= 15 is 0 Å². The molecule has 3 rings (SSSR count). The lowest BCUT2D eigenvalue weighted by Gasteiger charge is -2.11. The summed E-state index contributed by atoms with van der Waals surface area (Å²) in [6, 6.07) is 8.71. The Hall–Kier alpha value is -3.77. The second kappa shape index (κ2) is 15.7. The first kappa shape index (κ1) is 30.8. The molecule has 0 radical (unpaired) electrons. The monoisotopic (exact) mass is 558 g/mol. The van der Waals surface area contributed by atoms with Gasteiger partial charge in [0.25, 0.3) is 5.91 Å². The summed E-state index contributed by atoms with van der Waals surface area (Å²) in [6.07, 6.45) is 2.51. The molecular formula is C29H32F2N2O7. The van der Waals surface area contributed by atoms with Crippen molar-refractivity contribution in [3.05, 3.63) is 82.2 Å². The number of H-pyrrole nitrogens is 1. The van der Waals surface area contributed by atoms with E-state index < -0.39 is 23.3 Å². The largest absolute Gasteiger partial charge is 0.379 e. The van der Waals surface area contributed by atoms with Crippen molar-refractivity contribution in [1.82, 2.24) is 4.98 Å². The summed E-state index contributed by atoms with van der Waals surface area (Å²) < 4.78 is 50.3. The number of aldehydes is 1. The highest BCUT2D eigenvalue weighted by Crippen LogP contribution is 2.34. The molecule has 0 aliphatic rings. The maximum Gasteiger partial charge on any atom is 0.250 e. The molecule has 0 saturated carbocycles. The highest BCUT2D eigenvalue weighted by molar-refractivity contribution is 6.15. The van der Waals surface area contributed by atoms with E-state index in [4.69, 9.17) is 24.7 Å². The number of aromatic amines is 1. The Morgan fingerprint density at radius 2 is 1.40 bits per heavy atom. The zero-order valence-electron chi connectivity index (χ0n) is 22.2. The molecule has 214 valence electrons. The molecule has 1 heterocycles. The molecule has 1 aromatic heterocycles. The minimum absolute atomic E-state index is 0.0391. The summed E-state index contributed by atoms with van der Waals surface area (Å²) in [5.74, 6) is -2.82. The summed E-state index contributed by atoms with van der Waals surface area (Å²) >= 11 is 0. The highest BCUT2D eigenvalue weighted by Gasteiger charge is 2.26. The average molecular weight is 559 g/mol. The van der Waals surface area contributed by atoms with Gasteiger partial charge in [-0.25, -0.2) is 8.78 Å². The minimum atomic E-state index is -0.875. The van der Waals surface area contributed by atoms with Gasteiger partial charge in [0.1, 0.15) is 24.5 Å². The molecule has 3 aromatic rings. The fourth-order valence-electron chi connectivity index (χ4n) is 3.96. The Balaban J connectivity index is 1.51. The maximum atomic E-state index is 14.8. The predicted molar refractivity (Wildman–Crippen MR) is 142 cm³/mol. The fourth-order valence-corrected chi connectivity index (χ4v) is 3.96. The van der Waals surface area contributed by atoms with Gasteiger partial charge >= 0.3 is 0 Å². The van der Waals surface area contributed by atoms with Gasteiger partial charge < -0.3 is 34.5 Å². The van der Waals surface area contributed by atoms with E-state index in [-0.39, 0.29) is 34.6 Å². The first-order valence-electron chi connectivity index (χ1n) is 12.7. The van der Waals surface area contributed by atoms with Crippen LogP contribution in [0.15, 0.2) is 42.6 Å². The first-order valence-corrected chi connectivity index (χ1v) is 12.7. The van der Waals surface area contributed by atoms with Crippen LogP contribution >= 0.6 is 0 Å². The van der Waals surface area contributed by atoms with Crippen LogP contribution in [0.3, 0.4) is 0 Å². The van der Waals surface area contributed by atoms with Crippen molar-refractivity contribution in [1.29, 1.82) is 0 Å². The van der Waals surface area contributed by atoms with Crippen LogP contribution in [0.25, 0.3) is 11.1 Å². The molecule has 9 nitrogen and oxygen atoms in total. The number of hydrogen-bond acceptors (Lipinski definition) is 7. The molecular weight excluding hydrogens is 526 g/mol. The summed E-state index contributed by atoms with van der Waals surface area (Å²) in [7, 11) is 0. The van der Waals surface area contributed by atoms with Gasteiger partial charge in [-0.05, 0) is 36.6 Å². The van der Waals surface area contributed by atoms with E-state index in [2.05, 4.69) is 4.98 Å². The van der Waals surface area contributed by atoms with Gasteiger partial charge in [-0.1, -0.05) is 24.3 Å². The van der Waals surface area contributed by atoms with E-state index in [0.29, 0.717) is 64.5 Å². The van der Waals surface area contributed by atoms with Crippen molar-refractivity contribution in [2.75, 3.05) is 52.9 Å². The van der Waals surface area contributed by atoms with Gasteiger partial charge in [0.2, 0.25) is 5.78 Å². The predicted octanol–water partition coefficient (Wildman–Crippen LogP) is 3.41. The van der Waals surface area contributed by atoms with E-state index in [1.807, 2.05) is 0 Å². The van der Waals surface area contributed by atoms with Crippen molar-refractivity contribution >= 4 is 18.0 Å². The number of ether oxygens (including phenoxy) is 4. The number of nitrogens with two attached hydrogens (primary N) is 1. The van der Waals surface area contributed by atoms with Crippen molar-refractivity contribution in [2.45, 2.75) is 13.3 Å². The molecule has 0 saturated heterocycles. The number of amides is 1. The molecule has 40 heavy (non-hydrogen) atoms. The lowest BCUT2D eigenvalue weighted by atomic mass is 9.93. The molecule has 11 heteroatoms. The molecule has 0 spiro atoms. The SMILES string of the molecule is Cc1c(F)ccc(F)c1-c1c(C(N)=O)c[nH]c1C(=O)c1ccc(CCOCCOCCOCCOCC=O)cc1. The van der Waals surface area contributed by atoms with E-state index in [0.717, 1.165) is 17.7 Å². The second-order valence-corrected chi connectivity index (χ2v) is 8.70. The van der Waals surface area contributed by atoms with Crippen LogP contribution in [0.2, 0.25) is 0 Å². The number of aromatic nitrogens is 1. The van der Waals surface area contributed by atoms with Crippen LogP contribution in [-0.2, 0) is 30.2 Å². The molecule has 0 aliphatic carbocycles. The van der Waals surface area contributed by atoms with Gasteiger partial charge in [-0.2, -0.15) is 0 Å². The topological polar surface area (TPSA) is 130 Å². The summed E-state index contributed by atoms with van der Waals surface area (Å²) in [5.41, 5.74) is 6.22. The molecule has 2 aromatic carbocycles. The number of halogens is 2. The molecule has 3 N–H and O–H groups in total. The number of nitrogens with one attached hydrogen (secondary N) is 1. The minimum Gasteiger partial charge on any atom is -0.379 e. The quantitative estimate of drug-likeness (QED) is 0.139. The number of primary amides is 1. The van der Waals surface area contributed by atoms with Crippen LogP contribution in [-0.4, -0.2) is 75.8 Å². The molecule has 0 bridgehead atoms. The zero-order valence-corrected chi connectivity index (χ0v) is 22.2. The Morgan fingerprint density at radius 3 is 2.00 bits per heavy atom. The zero-order chi connectivity index (χ0) is 28.9. The van der Waals surface area contributed by atoms with Crippen molar-refractivity contribution in [3.63, 3.8) is 0 Å². The lowest BCUT2D eigenvalue weighted by molar-refractivity contribution is -0.112. The Bertz CT molecular complexity index is 1290. The molecule has 0 fully saturated rings. The third-order valence-corrected chi connectivity index (χ3v) is 6.02. The standard InChI is InChI=1S/C29H32F2N2O7/c1-19-23(30)6-7-24(31)25(19)26-22(29(32)36)18-33-27(26)28(35)21-4-2-20(3-5-21)8-10-37-12-14-39-16-17-40-15-13-38-11-9-34/h2-7,9,18,33H,8,10-17H2,1H3,(H2,32,36). The van der Waals surface area contributed by atoms with E-state index in [1.54, 1.807) is 24.3 Å². The lowest BCUT2D eigenvalue weighted by Crippen LogP contribution is -2.13. The Morgan fingerprint density at radius 1 is 0.825 bits per heavy atom. The number of carbonyl (C=O) groups is 3. The van der Waals surface area contributed by atoms with Gasteiger partial charge in [-0.15, -0.1) is 0 Å². The normalized spacial score (nSPS) is 11.1. The smallest absolute Gasteiger partial charge is 0.250 e. The second-order valence-electron chi connectivity index (χ2n) is 8.70. The number of carbonyl (C=O) groups excluding carboxylic acids is 3.